The van der Waals surface area contributed by atoms with Gasteiger partial charge in [-0.05, 0) is 45.2 Å². The third-order valence-electron chi connectivity index (χ3n) is 5.29. The van der Waals surface area contributed by atoms with Crippen LogP contribution in [0.15, 0.2) is 12.4 Å². The minimum absolute atomic E-state index is 0.321. The molecular formula is C16H28N4O. The number of aliphatic hydroxyl groups is 1. The van der Waals surface area contributed by atoms with Crippen molar-refractivity contribution in [2.24, 2.45) is 11.3 Å². The number of nitrogens with one attached hydrogen (secondary N) is 1. The van der Waals surface area contributed by atoms with Crippen molar-refractivity contribution in [2.45, 2.75) is 39.3 Å². The summed E-state index contributed by atoms with van der Waals surface area (Å²) < 4.78 is 2.02. The summed E-state index contributed by atoms with van der Waals surface area (Å²) in [6.45, 7) is 9.90. The van der Waals surface area contributed by atoms with E-state index in [9.17, 15) is 5.11 Å². The molecule has 5 heteroatoms. The zero-order valence-corrected chi connectivity index (χ0v) is 13.3. The van der Waals surface area contributed by atoms with Crippen LogP contribution in [0.1, 0.15) is 38.3 Å². The fourth-order valence-electron chi connectivity index (χ4n) is 4.01. The molecule has 118 valence electrons. The van der Waals surface area contributed by atoms with E-state index in [0.717, 1.165) is 32.7 Å². The second-order valence-electron chi connectivity index (χ2n) is 7.08. The highest BCUT2D eigenvalue weighted by Gasteiger charge is 2.46. The minimum atomic E-state index is 0.321. The van der Waals surface area contributed by atoms with Crippen molar-refractivity contribution in [1.29, 1.82) is 0 Å². The normalized spacial score (nSPS) is 26.0. The predicted molar refractivity (Wildman–Crippen MR) is 83.0 cm³/mol. The monoisotopic (exact) mass is 292 g/mol. The summed E-state index contributed by atoms with van der Waals surface area (Å²) in [7, 11) is 0. The van der Waals surface area contributed by atoms with E-state index in [2.05, 4.69) is 35.4 Å². The fourth-order valence-corrected chi connectivity index (χ4v) is 4.01. The molecule has 2 fully saturated rings. The molecule has 5 nitrogen and oxygen atoms in total. The Kier molecular flexibility index (Phi) is 4.33. The Labute approximate surface area is 127 Å². The number of rotatable bonds is 4. The van der Waals surface area contributed by atoms with Gasteiger partial charge in [0.05, 0.1) is 6.20 Å². The molecule has 3 rings (SSSR count). The number of aromatic nitrogens is 2. The first-order valence-corrected chi connectivity index (χ1v) is 8.20. The molecule has 2 aliphatic rings. The van der Waals surface area contributed by atoms with Crippen molar-refractivity contribution in [2.75, 3.05) is 32.8 Å². The molecule has 2 aliphatic heterocycles. The summed E-state index contributed by atoms with van der Waals surface area (Å²) in [4.78, 5) is 2.51. The van der Waals surface area contributed by atoms with E-state index in [1.807, 2.05) is 10.9 Å². The first kappa shape index (κ1) is 15.0. The van der Waals surface area contributed by atoms with Crippen molar-refractivity contribution in [1.82, 2.24) is 20.0 Å². The molecule has 0 amide bonds. The second-order valence-corrected chi connectivity index (χ2v) is 7.08. The van der Waals surface area contributed by atoms with Gasteiger partial charge in [0.2, 0.25) is 0 Å². The van der Waals surface area contributed by atoms with Gasteiger partial charge in [0, 0.05) is 50.0 Å². The SMILES string of the molecule is CC(C)n1cc(CN2CC(CO)C3(CCNCC3)C2)cn1. The average molecular weight is 292 g/mol. The topological polar surface area (TPSA) is 53.3 Å². The van der Waals surface area contributed by atoms with E-state index in [4.69, 9.17) is 0 Å². The summed E-state index contributed by atoms with van der Waals surface area (Å²) in [5.41, 5.74) is 1.61. The van der Waals surface area contributed by atoms with Crippen molar-refractivity contribution < 1.29 is 5.11 Å². The van der Waals surface area contributed by atoms with Gasteiger partial charge in [-0.1, -0.05) is 0 Å². The van der Waals surface area contributed by atoms with Gasteiger partial charge < -0.3 is 10.4 Å². The summed E-state index contributed by atoms with van der Waals surface area (Å²) in [5.74, 6) is 0.430. The molecule has 1 atom stereocenters. The van der Waals surface area contributed by atoms with E-state index in [1.165, 1.54) is 18.4 Å². The highest BCUT2D eigenvalue weighted by atomic mass is 16.3. The van der Waals surface area contributed by atoms with Gasteiger partial charge in [-0.2, -0.15) is 5.10 Å². The van der Waals surface area contributed by atoms with E-state index in [0.29, 0.717) is 24.0 Å². The number of nitrogens with zero attached hydrogens (tertiary/aromatic N) is 3. The van der Waals surface area contributed by atoms with Crippen LogP contribution in [-0.2, 0) is 6.54 Å². The van der Waals surface area contributed by atoms with Crippen molar-refractivity contribution in [3.8, 4) is 0 Å². The molecule has 0 bridgehead atoms. The Bertz CT molecular complexity index is 465. The van der Waals surface area contributed by atoms with Crippen LogP contribution in [0.4, 0.5) is 0 Å². The van der Waals surface area contributed by atoms with Crippen molar-refractivity contribution in [3.05, 3.63) is 18.0 Å². The Morgan fingerprint density at radius 1 is 1.43 bits per heavy atom. The van der Waals surface area contributed by atoms with Crippen LogP contribution in [-0.4, -0.2) is 52.6 Å². The quantitative estimate of drug-likeness (QED) is 0.877. The highest BCUT2D eigenvalue weighted by Crippen LogP contribution is 2.43. The second kappa shape index (κ2) is 6.07. The van der Waals surface area contributed by atoms with E-state index in [1.54, 1.807) is 0 Å². The largest absolute Gasteiger partial charge is 0.396 e. The van der Waals surface area contributed by atoms with Gasteiger partial charge in [-0.25, -0.2) is 0 Å². The van der Waals surface area contributed by atoms with Crippen molar-refractivity contribution >= 4 is 0 Å². The van der Waals surface area contributed by atoms with Gasteiger partial charge in [-0.15, -0.1) is 0 Å². The van der Waals surface area contributed by atoms with Crippen LogP contribution in [0.2, 0.25) is 0 Å². The Morgan fingerprint density at radius 3 is 2.81 bits per heavy atom. The Morgan fingerprint density at radius 2 is 2.19 bits per heavy atom. The van der Waals surface area contributed by atoms with Crippen molar-refractivity contribution in [3.63, 3.8) is 0 Å². The van der Waals surface area contributed by atoms with E-state index < -0.39 is 0 Å². The van der Waals surface area contributed by atoms with Crippen LogP contribution >= 0.6 is 0 Å². The molecule has 1 spiro atoms. The lowest BCUT2D eigenvalue weighted by Crippen LogP contribution is -2.42. The van der Waals surface area contributed by atoms with Gasteiger partial charge >= 0.3 is 0 Å². The maximum atomic E-state index is 9.78. The van der Waals surface area contributed by atoms with Gasteiger partial charge in [-0.3, -0.25) is 9.58 Å². The first-order chi connectivity index (χ1) is 10.1. The van der Waals surface area contributed by atoms with Gasteiger partial charge in [0.1, 0.15) is 0 Å². The van der Waals surface area contributed by atoms with E-state index in [-0.39, 0.29) is 0 Å². The first-order valence-electron chi connectivity index (χ1n) is 8.20. The molecule has 0 aromatic carbocycles. The highest BCUT2D eigenvalue weighted by molar-refractivity contribution is 5.07. The Hall–Kier alpha value is -0.910. The molecule has 1 aromatic rings. The summed E-state index contributed by atoms with van der Waals surface area (Å²) >= 11 is 0. The lowest BCUT2D eigenvalue weighted by atomic mass is 9.71. The van der Waals surface area contributed by atoms with Crippen LogP contribution in [0, 0.1) is 11.3 Å². The van der Waals surface area contributed by atoms with Crippen LogP contribution in [0.25, 0.3) is 0 Å². The number of aliphatic hydroxyl groups excluding tert-OH is 1. The molecule has 2 N–H and O–H groups in total. The van der Waals surface area contributed by atoms with Crippen LogP contribution in [0.5, 0.6) is 0 Å². The Balaban J connectivity index is 1.66. The smallest absolute Gasteiger partial charge is 0.0534 e. The van der Waals surface area contributed by atoms with Gasteiger partial charge in [0.25, 0.3) is 0 Å². The zero-order valence-electron chi connectivity index (χ0n) is 13.3. The number of likely N-dealkylation sites (tertiary alicyclic amines) is 1. The molecule has 0 aliphatic carbocycles. The average Bonchev–Trinajstić information content (AvgIpc) is 3.05. The maximum absolute atomic E-state index is 9.78. The molecule has 3 heterocycles. The number of piperidine rings is 1. The molecule has 0 saturated carbocycles. The summed E-state index contributed by atoms with van der Waals surface area (Å²) in [6, 6.07) is 0.415. The molecule has 21 heavy (non-hydrogen) atoms. The van der Waals surface area contributed by atoms with Gasteiger partial charge in [0.15, 0.2) is 0 Å². The number of hydrogen-bond acceptors (Lipinski definition) is 4. The maximum Gasteiger partial charge on any atom is 0.0534 e. The van der Waals surface area contributed by atoms with E-state index >= 15 is 0 Å². The molecular weight excluding hydrogens is 264 g/mol. The lowest BCUT2D eigenvalue weighted by Gasteiger charge is -2.38. The van der Waals surface area contributed by atoms with Crippen LogP contribution in [0.3, 0.4) is 0 Å². The molecule has 1 unspecified atom stereocenters. The zero-order chi connectivity index (χ0) is 14.9. The third kappa shape index (κ3) is 3.00. The standard InChI is InChI=1S/C16H28N4O/c1-13(2)20-9-14(7-18-20)8-19-10-15(11-21)16(12-19)3-5-17-6-4-16/h7,9,13,15,17,21H,3-6,8,10-12H2,1-2H3. The summed E-state index contributed by atoms with van der Waals surface area (Å²) in [5, 5.41) is 17.7. The minimum Gasteiger partial charge on any atom is -0.396 e. The fraction of sp³-hybridized carbons (Fsp3) is 0.812. The molecule has 2 saturated heterocycles. The number of hydrogen-bond donors (Lipinski definition) is 2. The summed E-state index contributed by atoms with van der Waals surface area (Å²) in [6.07, 6.45) is 6.54. The third-order valence-corrected chi connectivity index (χ3v) is 5.29. The molecule has 1 aromatic heterocycles. The van der Waals surface area contributed by atoms with Crippen LogP contribution < -0.4 is 5.32 Å². The predicted octanol–water partition coefficient (Wildman–Crippen LogP) is 1.26. The lowest BCUT2D eigenvalue weighted by molar-refractivity contribution is 0.0984. The molecule has 0 radical (unpaired) electrons.